The molecule has 3 nitrogen and oxygen atoms in total. The van der Waals surface area contributed by atoms with Gasteiger partial charge in [0.15, 0.2) is 0 Å². The lowest BCUT2D eigenvalue weighted by molar-refractivity contribution is 0.170. The van der Waals surface area contributed by atoms with Gasteiger partial charge in [0.1, 0.15) is 12.4 Å². The monoisotopic (exact) mass is 170 g/mol. The molecule has 1 rings (SSSR count). The Morgan fingerprint density at radius 3 is 3.17 bits per heavy atom. The molecular formula is C9H18N2O. The van der Waals surface area contributed by atoms with Gasteiger partial charge in [0.05, 0.1) is 6.54 Å². The van der Waals surface area contributed by atoms with Crippen LogP contribution in [0.15, 0.2) is 11.8 Å². The van der Waals surface area contributed by atoms with Crippen LogP contribution in [0.2, 0.25) is 0 Å². The first-order valence-electron chi connectivity index (χ1n) is 4.61. The van der Waals surface area contributed by atoms with Crippen molar-refractivity contribution in [3.8, 4) is 0 Å². The summed E-state index contributed by atoms with van der Waals surface area (Å²) in [6.45, 7) is 4.71. The second-order valence-electron chi connectivity index (χ2n) is 3.15. The fourth-order valence-corrected chi connectivity index (χ4v) is 1.14. The van der Waals surface area contributed by atoms with E-state index in [2.05, 4.69) is 18.3 Å². The third-order valence-corrected chi connectivity index (χ3v) is 1.86. The van der Waals surface area contributed by atoms with Gasteiger partial charge in [-0.3, -0.25) is 0 Å². The SMILES string of the molecule is CCCNCC1=CCC(N)CO1. The molecule has 1 aliphatic heterocycles. The highest BCUT2D eigenvalue weighted by atomic mass is 16.5. The molecule has 0 bridgehead atoms. The van der Waals surface area contributed by atoms with Crippen molar-refractivity contribution in [2.45, 2.75) is 25.8 Å². The van der Waals surface area contributed by atoms with Crippen LogP contribution in [-0.2, 0) is 4.74 Å². The lowest BCUT2D eigenvalue weighted by atomic mass is 10.2. The van der Waals surface area contributed by atoms with Gasteiger partial charge in [-0.15, -0.1) is 0 Å². The van der Waals surface area contributed by atoms with E-state index in [1.54, 1.807) is 0 Å². The summed E-state index contributed by atoms with van der Waals surface area (Å²) < 4.78 is 5.41. The van der Waals surface area contributed by atoms with Gasteiger partial charge in [0, 0.05) is 6.04 Å². The smallest absolute Gasteiger partial charge is 0.106 e. The maximum Gasteiger partial charge on any atom is 0.106 e. The molecule has 1 atom stereocenters. The van der Waals surface area contributed by atoms with Crippen molar-refractivity contribution >= 4 is 0 Å². The van der Waals surface area contributed by atoms with E-state index in [0.29, 0.717) is 6.61 Å². The lowest BCUT2D eigenvalue weighted by Crippen LogP contribution is -2.31. The van der Waals surface area contributed by atoms with Gasteiger partial charge in [-0.1, -0.05) is 6.92 Å². The topological polar surface area (TPSA) is 47.3 Å². The first kappa shape index (κ1) is 9.55. The van der Waals surface area contributed by atoms with Crippen molar-refractivity contribution in [1.82, 2.24) is 5.32 Å². The van der Waals surface area contributed by atoms with E-state index < -0.39 is 0 Å². The van der Waals surface area contributed by atoms with E-state index in [1.807, 2.05) is 0 Å². The molecule has 0 saturated heterocycles. The number of hydrogen-bond donors (Lipinski definition) is 2. The Bertz CT molecular complexity index is 157. The Kier molecular flexibility index (Phi) is 4.11. The average molecular weight is 170 g/mol. The molecule has 0 fully saturated rings. The summed E-state index contributed by atoms with van der Waals surface area (Å²) in [6.07, 6.45) is 4.19. The van der Waals surface area contributed by atoms with Crippen molar-refractivity contribution in [1.29, 1.82) is 0 Å². The van der Waals surface area contributed by atoms with Crippen LogP contribution in [0.1, 0.15) is 19.8 Å². The van der Waals surface area contributed by atoms with Crippen LogP contribution in [0.25, 0.3) is 0 Å². The van der Waals surface area contributed by atoms with E-state index in [0.717, 1.165) is 31.7 Å². The highest BCUT2D eigenvalue weighted by molar-refractivity contribution is 5.00. The van der Waals surface area contributed by atoms with E-state index in [1.165, 1.54) is 0 Å². The van der Waals surface area contributed by atoms with Gasteiger partial charge < -0.3 is 15.8 Å². The van der Waals surface area contributed by atoms with Crippen LogP contribution in [0.5, 0.6) is 0 Å². The molecule has 1 aliphatic rings. The third-order valence-electron chi connectivity index (χ3n) is 1.86. The molecular weight excluding hydrogens is 152 g/mol. The summed E-state index contributed by atoms with van der Waals surface area (Å²) in [5, 5.41) is 3.29. The quantitative estimate of drug-likeness (QED) is 0.608. The molecule has 0 amide bonds. The fraction of sp³-hybridized carbons (Fsp3) is 0.778. The highest BCUT2D eigenvalue weighted by Gasteiger charge is 2.09. The van der Waals surface area contributed by atoms with Crippen LogP contribution < -0.4 is 11.1 Å². The standard InChI is InChI=1S/C9H18N2O/c1-2-5-11-6-9-4-3-8(10)7-12-9/h4,8,11H,2-3,5-7,10H2,1H3. The van der Waals surface area contributed by atoms with Crippen molar-refractivity contribution in [3.05, 3.63) is 11.8 Å². The lowest BCUT2D eigenvalue weighted by Gasteiger charge is -2.20. The zero-order valence-electron chi connectivity index (χ0n) is 7.68. The van der Waals surface area contributed by atoms with Crippen molar-refractivity contribution in [2.75, 3.05) is 19.7 Å². The number of nitrogens with two attached hydrogens (primary N) is 1. The van der Waals surface area contributed by atoms with E-state index >= 15 is 0 Å². The first-order chi connectivity index (χ1) is 5.83. The molecule has 0 radical (unpaired) electrons. The second kappa shape index (κ2) is 5.17. The molecule has 0 aliphatic carbocycles. The molecule has 3 heteroatoms. The van der Waals surface area contributed by atoms with Crippen LogP contribution in [0, 0.1) is 0 Å². The predicted octanol–water partition coefficient (Wildman–Crippen LogP) is 0.618. The van der Waals surface area contributed by atoms with E-state index in [9.17, 15) is 0 Å². The van der Waals surface area contributed by atoms with Gasteiger partial charge in [-0.2, -0.15) is 0 Å². The van der Waals surface area contributed by atoms with Crippen LogP contribution in [0.4, 0.5) is 0 Å². The maximum atomic E-state index is 5.66. The molecule has 0 aromatic heterocycles. The van der Waals surface area contributed by atoms with Gasteiger partial charge in [-0.25, -0.2) is 0 Å². The van der Waals surface area contributed by atoms with Gasteiger partial charge in [0.2, 0.25) is 0 Å². The Hall–Kier alpha value is -0.540. The summed E-state index contributed by atoms with van der Waals surface area (Å²) >= 11 is 0. The van der Waals surface area contributed by atoms with Crippen LogP contribution in [0.3, 0.4) is 0 Å². The molecule has 0 saturated carbocycles. The summed E-state index contributed by atoms with van der Waals surface area (Å²) in [5.74, 6) is 1.05. The summed E-state index contributed by atoms with van der Waals surface area (Å²) in [6, 6.07) is 0.194. The summed E-state index contributed by atoms with van der Waals surface area (Å²) in [5.41, 5.74) is 5.66. The van der Waals surface area contributed by atoms with E-state index in [4.69, 9.17) is 10.5 Å². The third kappa shape index (κ3) is 3.24. The number of hydrogen-bond acceptors (Lipinski definition) is 3. The Balaban J connectivity index is 2.15. The maximum absolute atomic E-state index is 5.66. The predicted molar refractivity (Wildman–Crippen MR) is 49.8 cm³/mol. The molecule has 3 N–H and O–H groups in total. The molecule has 70 valence electrons. The highest BCUT2D eigenvalue weighted by Crippen LogP contribution is 2.07. The zero-order chi connectivity index (χ0) is 8.81. The van der Waals surface area contributed by atoms with Crippen molar-refractivity contribution in [3.63, 3.8) is 0 Å². The molecule has 12 heavy (non-hydrogen) atoms. The van der Waals surface area contributed by atoms with Gasteiger partial charge in [-0.05, 0) is 25.5 Å². The Morgan fingerprint density at radius 1 is 1.75 bits per heavy atom. The van der Waals surface area contributed by atoms with Crippen LogP contribution >= 0.6 is 0 Å². The zero-order valence-corrected chi connectivity index (χ0v) is 7.68. The minimum Gasteiger partial charge on any atom is -0.495 e. The molecule has 0 aromatic rings. The fourth-order valence-electron chi connectivity index (χ4n) is 1.14. The first-order valence-corrected chi connectivity index (χ1v) is 4.61. The van der Waals surface area contributed by atoms with Gasteiger partial charge >= 0.3 is 0 Å². The van der Waals surface area contributed by atoms with E-state index in [-0.39, 0.29) is 6.04 Å². The normalized spacial score (nSPS) is 23.2. The molecule has 1 unspecified atom stereocenters. The average Bonchev–Trinajstić information content (AvgIpc) is 2.09. The minimum atomic E-state index is 0.194. The number of nitrogens with one attached hydrogen (secondary N) is 1. The molecule has 0 aromatic carbocycles. The molecule has 1 heterocycles. The number of ether oxygens (including phenoxy) is 1. The Morgan fingerprint density at radius 2 is 2.58 bits per heavy atom. The summed E-state index contributed by atoms with van der Waals surface area (Å²) in [4.78, 5) is 0. The Labute approximate surface area is 74.0 Å². The van der Waals surface area contributed by atoms with Crippen molar-refractivity contribution < 1.29 is 4.74 Å². The number of rotatable bonds is 4. The minimum absolute atomic E-state index is 0.194. The summed E-state index contributed by atoms with van der Waals surface area (Å²) in [7, 11) is 0. The van der Waals surface area contributed by atoms with Crippen molar-refractivity contribution in [2.24, 2.45) is 5.73 Å². The largest absolute Gasteiger partial charge is 0.495 e. The van der Waals surface area contributed by atoms with Crippen LogP contribution in [-0.4, -0.2) is 25.7 Å². The molecule has 0 spiro atoms. The van der Waals surface area contributed by atoms with Gasteiger partial charge in [0.25, 0.3) is 0 Å². The second-order valence-corrected chi connectivity index (χ2v) is 3.15.